The maximum Gasteiger partial charge on any atom is 0.158 e. The predicted molar refractivity (Wildman–Crippen MR) is 69.0 cm³/mol. The van der Waals surface area contributed by atoms with Crippen molar-refractivity contribution in [2.24, 2.45) is 5.92 Å². The Kier molecular flexibility index (Phi) is 5.75. The molecule has 3 heteroatoms. The van der Waals surface area contributed by atoms with E-state index >= 15 is 0 Å². The topological polar surface area (TPSA) is 21.7 Å². The number of nitrogens with zero attached hydrogens (tertiary/aromatic N) is 1. The molecule has 2 heterocycles. The molecule has 0 amide bonds. The molecule has 2 aliphatic heterocycles. The molecule has 0 unspecified atom stereocenters. The highest BCUT2D eigenvalue weighted by Crippen LogP contribution is 2.22. The van der Waals surface area contributed by atoms with Gasteiger partial charge in [0, 0.05) is 13.0 Å². The predicted octanol–water partition coefficient (Wildman–Crippen LogP) is 2.65. The average molecular weight is 241 g/mol. The minimum atomic E-state index is 0.0668. The van der Waals surface area contributed by atoms with Crippen molar-refractivity contribution in [3.63, 3.8) is 0 Å². The van der Waals surface area contributed by atoms with E-state index in [9.17, 15) is 0 Å². The second-order valence-corrected chi connectivity index (χ2v) is 5.39. The lowest BCUT2D eigenvalue weighted by molar-refractivity contribution is -0.182. The molecular weight excluding hydrogens is 214 g/mol. The summed E-state index contributed by atoms with van der Waals surface area (Å²) in [7, 11) is 0. The van der Waals surface area contributed by atoms with Crippen LogP contribution < -0.4 is 0 Å². The fourth-order valence-corrected chi connectivity index (χ4v) is 2.90. The first-order chi connectivity index (χ1) is 8.38. The fourth-order valence-electron chi connectivity index (χ4n) is 2.90. The van der Waals surface area contributed by atoms with Gasteiger partial charge in [-0.3, -0.25) is 0 Å². The molecule has 2 rings (SSSR count). The maximum atomic E-state index is 5.58. The molecule has 0 N–H and O–H groups in total. The van der Waals surface area contributed by atoms with Gasteiger partial charge in [0.15, 0.2) is 6.29 Å². The van der Waals surface area contributed by atoms with E-state index in [2.05, 4.69) is 11.8 Å². The van der Waals surface area contributed by atoms with Crippen molar-refractivity contribution in [2.75, 3.05) is 32.8 Å². The van der Waals surface area contributed by atoms with Gasteiger partial charge in [-0.05, 0) is 38.3 Å². The lowest BCUT2D eigenvalue weighted by Gasteiger charge is -2.33. The van der Waals surface area contributed by atoms with E-state index in [0.29, 0.717) is 0 Å². The molecule has 0 aliphatic carbocycles. The molecule has 2 fully saturated rings. The van der Waals surface area contributed by atoms with Crippen LogP contribution in [0.5, 0.6) is 0 Å². The van der Waals surface area contributed by atoms with Gasteiger partial charge >= 0.3 is 0 Å². The van der Waals surface area contributed by atoms with Gasteiger partial charge < -0.3 is 14.4 Å². The average Bonchev–Trinajstić information content (AvgIpc) is 2.40. The van der Waals surface area contributed by atoms with E-state index in [1.54, 1.807) is 0 Å². The van der Waals surface area contributed by atoms with Gasteiger partial charge in [0.05, 0.1) is 13.2 Å². The van der Waals surface area contributed by atoms with Crippen molar-refractivity contribution in [2.45, 2.75) is 51.7 Å². The molecule has 0 atom stereocenters. The summed E-state index contributed by atoms with van der Waals surface area (Å²) in [5.41, 5.74) is 0. The van der Waals surface area contributed by atoms with Crippen molar-refractivity contribution >= 4 is 0 Å². The first-order valence-electron chi connectivity index (χ1n) is 7.34. The number of rotatable bonds is 5. The van der Waals surface area contributed by atoms with Crippen LogP contribution in [0.1, 0.15) is 45.4 Å². The van der Waals surface area contributed by atoms with Gasteiger partial charge in [-0.1, -0.05) is 19.8 Å². The summed E-state index contributed by atoms with van der Waals surface area (Å²) in [4.78, 5) is 2.58. The smallest absolute Gasteiger partial charge is 0.158 e. The molecule has 0 spiro atoms. The molecule has 17 heavy (non-hydrogen) atoms. The third-order valence-corrected chi connectivity index (χ3v) is 3.98. The number of hydrogen-bond acceptors (Lipinski definition) is 3. The summed E-state index contributed by atoms with van der Waals surface area (Å²) >= 11 is 0. The summed E-state index contributed by atoms with van der Waals surface area (Å²) in [5.74, 6) is 0.985. The number of ether oxygens (including phenoxy) is 2. The standard InChI is InChI=1S/C14H27NO2/c1-2-4-13-5-8-15(9-6-13)10-7-14-16-11-3-12-17-14/h13-14H,2-12H2,1H3. The number of piperidine rings is 1. The van der Waals surface area contributed by atoms with Crippen LogP contribution in [0, 0.1) is 5.92 Å². The lowest BCUT2D eigenvalue weighted by Crippen LogP contribution is -2.37. The van der Waals surface area contributed by atoms with Crippen molar-refractivity contribution in [3.8, 4) is 0 Å². The van der Waals surface area contributed by atoms with Crippen molar-refractivity contribution in [1.29, 1.82) is 0 Å². The Balaban J connectivity index is 1.57. The highest BCUT2D eigenvalue weighted by molar-refractivity contribution is 4.72. The molecule has 100 valence electrons. The highest BCUT2D eigenvalue weighted by atomic mass is 16.7. The minimum absolute atomic E-state index is 0.0668. The summed E-state index contributed by atoms with van der Waals surface area (Å²) in [6.45, 7) is 7.74. The van der Waals surface area contributed by atoms with Crippen LogP contribution in [0.15, 0.2) is 0 Å². The SMILES string of the molecule is CCCC1CCN(CCC2OCCCO2)CC1. The minimum Gasteiger partial charge on any atom is -0.353 e. The third kappa shape index (κ3) is 4.57. The van der Waals surface area contributed by atoms with Crippen molar-refractivity contribution in [1.82, 2.24) is 4.90 Å². The summed E-state index contributed by atoms with van der Waals surface area (Å²) in [6, 6.07) is 0. The van der Waals surface area contributed by atoms with E-state index in [1.807, 2.05) is 0 Å². The number of likely N-dealkylation sites (tertiary alicyclic amines) is 1. The molecule has 0 radical (unpaired) electrons. The zero-order valence-electron chi connectivity index (χ0n) is 11.2. The second kappa shape index (κ2) is 7.34. The maximum absolute atomic E-state index is 5.58. The van der Waals surface area contributed by atoms with Crippen LogP contribution in [0.25, 0.3) is 0 Å². The van der Waals surface area contributed by atoms with Crippen LogP contribution in [-0.4, -0.2) is 44.0 Å². The third-order valence-electron chi connectivity index (χ3n) is 3.98. The van der Waals surface area contributed by atoms with Crippen LogP contribution in [0.3, 0.4) is 0 Å². The van der Waals surface area contributed by atoms with Crippen LogP contribution >= 0.6 is 0 Å². The van der Waals surface area contributed by atoms with Gasteiger partial charge in [-0.2, -0.15) is 0 Å². The zero-order chi connectivity index (χ0) is 11.9. The molecule has 2 aliphatic rings. The molecule has 3 nitrogen and oxygen atoms in total. The molecule has 0 aromatic rings. The second-order valence-electron chi connectivity index (χ2n) is 5.39. The van der Waals surface area contributed by atoms with E-state index in [4.69, 9.17) is 9.47 Å². The zero-order valence-corrected chi connectivity index (χ0v) is 11.2. The largest absolute Gasteiger partial charge is 0.353 e. The Bertz CT molecular complexity index is 196. The summed E-state index contributed by atoms with van der Waals surface area (Å²) in [6.07, 6.45) is 7.70. The van der Waals surface area contributed by atoms with Crippen molar-refractivity contribution in [3.05, 3.63) is 0 Å². The molecular formula is C14H27NO2. The van der Waals surface area contributed by atoms with Gasteiger partial charge in [0.25, 0.3) is 0 Å². The van der Waals surface area contributed by atoms with Gasteiger partial charge in [0.1, 0.15) is 0 Å². The summed E-state index contributed by atoms with van der Waals surface area (Å²) < 4.78 is 11.2. The number of hydrogen-bond donors (Lipinski definition) is 0. The van der Waals surface area contributed by atoms with Gasteiger partial charge in [-0.15, -0.1) is 0 Å². The van der Waals surface area contributed by atoms with E-state index in [0.717, 1.165) is 38.5 Å². The molecule has 0 aromatic heterocycles. The summed E-state index contributed by atoms with van der Waals surface area (Å²) in [5, 5.41) is 0. The highest BCUT2D eigenvalue weighted by Gasteiger charge is 2.20. The quantitative estimate of drug-likeness (QED) is 0.738. The van der Waals surface area contributed by atoms with Crippen molar-refractivity contribution < 1.29 is 9.47 Å². The first-order valence-corrected chi connectivity index (χ1v) is 7.34. The Hall–Kier alpha value is -0.120. The van der Waals surface area contributed by atoms with E-state index in [1.165, 1.54) is 38.8 Å². The Labute approximate surface area is 105 Å². The van der Waals surface area contributed by atoms with Crippen LogP contribution in [0.2, 0.25) is 0 Å². The van der Waals surface area contributed by atoms with E-state index in [-0.39, 0.29) is 6.29 Å². The normalized spacial score (nSPS) is 25.2. The molecule has 0 saturated carbocycles. The molecule has 2 saturated heterocycles. The van der Waals surface area contributed by atoms with Gasteiger partial charge in [-0.25, -0.2) is 0 Å². The lowest BCUT2D eigenvalue weighted by atomic mass is 9.92. The first kappa shape index (κ1) is 13.3. The Morgan fingerprint density at radius 2 is 1.76 bits per heavy atom. The molecule has 0 bridgehead atoms. The molecule has 0 aromatic carbocycles. The van der Waals surface area contributed by atoms with Gasteiger partial charge in [0.2, 0.25) is 0 Å². The Morgan fingerprint density at radius 1 is 1.06 bits per heavy atom. The van der Waals surface area contributed by atoms with E-state index < -0.39 is 0 Å². The van der Waals surface area contributed by atoms with Crippen LogP contribution in [-0.2, 0) is 9.47 Å². The monoisotopic (exact) mass is 241 g/mol. The fraction of sp³-hybridized carbons (Fsp3) is 1.00. The Morgan fingerprint density at radius 3 is 2.41 bits per heavy atom. The van der Waals surface area contributed by atoms with Crippen LogP contribution in [0.4, 0.5) is 0 Å².